The smallest absolute Gasteiger partial charge is 0.269 e. The number of nitrogens with one attached hydrogen (secondary N) is 1. The van der Waals surface area contributed by atoms with Crippen LogP contribution in [-0.4, -0.2) is 10.8 Å². The number of carbonyl (C=O) groups excluding carboxylic acids is 1. The fraction of sp³-hybridized carbons (Fsp3) is 0.0714. The third-order valence-corrected chi connectivity index (χ3v) is 3.39. The topological polar surface area (TPSA) is 72.2 Å². The van der Waals surface area contributed by atoms with Gasteiger partial charge in [0.15, 0.2) is 0 Å². The van der Waals surface area contributed by atoms with E-state index in [0.29, 0.717) is 15.7 Å². The summed E-state index contributed by atoms with van der Waals surface area (Å²) in [4.78, 5) is 22.2. The molecule has 0 bridgehead atoms. The fourth-order valence-corrected chi connectivity index (χ4v) is 2.10. The third-order valence-electron chi connectivity index (χ3n) is 2.70. The average molecular weight is 335 g/mol. The molecular weight excluding hydrogens is 324 g/mol. The molecule has 0 radical (unpaired) electrons. The first kappa shape index (κ1) is 14.2. The number of nitro groups is 1. The number of hydrogen-bond donors (Lipinski definition) is 1. The van der Waals surface area contributed by atoms with Gasteiger partial charge in [0.1, 0.15) is 0 Å². The van der Waals surface area contributed by atoms with Crippen molar-refractivity contribution in [2.45, 2.75) is 6.92 Å². The Balaban J connectivity index is 2.19. The van der Waals surface area contributed by atoms with Crippen LogP contribution < -0.4 is 5.32 Å². The lowest BCUT2D eigenvalue weighted by molar-refractivity contribution is -0.384. The van der Waals surface area contributed by atoms with Crippen LogP contribution in [0.15, 0.2) is 46.9 Å². The molecule has 2 rings (SSSR count). The SMILES string of the molecule is Cc1ccc(Br)c(C(=O)Nc2ccc([N+](=O)[O-])cc2)c1. The van der Waals surface area contributed by atoms with E-state index in [1.807, 2.05) is 13.0 Å². The van der Waals surface area contributed by atoms with Crippen molar-refractivity contribution in [3.63, 3.8) is 0 Å². The predicted octanol–water partition coefficient (Wildman–Crippen LogP) is 3.92. The van der Waals surface area contributed by atoms with E-state index in [9.17, 15) is 14.9 Å². The summed E-state index contributed by atoms with van der Waals surface area (Å²) in [5.74, 6) is -0.269. The van der Waals surface area contributed by atoms with E-state index in [-0.39, 0.29) is 11.6 Å². The van der Waals surface area contributed by atoms with Gasteiger partial charge in [-0.05, 0) is 47.1 Å². The van der Waals surface area contributed by atoms with Crippen LogP contribution in [0.5, 0.6) is 0 Å². The minimum atomic E-state index is -0.483. The highest BCUT2D eigenvalue weighted by atomic mass is 79.9. The molecule has 2 aromatic carbocycles. The van der Waals surface area contributed by atoms with E-state index < -0.39 is 4.92 Å². The second-order valence-electron chi connectivity index (χ2n) is 4.24. The molecule has 0 spiro atoms. The first-order valence-electron chi connectivity index (χ1n) is 5.79. The number of halogens is 1. The van der Waals surface area contributed by atoms with Gasteiger partial charge in [0.05, 0.1) is 10.5 Å². The first-order chi connectivity index (χ1) is 9.47. The molecule has 0 aromatic heterocycles. The highest BCUT2D eigenvalue weighted by Crippen LogP contribution is 2.21. The molecule has 1 amide bonds. The minimum absolute atomic E-state index is 0.0141. The number of benzene rings is 2. The van der Waals surface area contributed by atoms with Crippen LogP contribution in [0.4, 0.5) is 11.4 Å². The van der Waals surface area contributed by atoms with Gasteiger partial charge < -0.3 is 5.32 Å². The minimum Gasteiger partial charge on any atom is -0.322 e. The van der Waals surface area contributed by atoms with Crippen LogP contribution in [0.1, 0.15) is 15.9 Å². The van der Waals surface area contributed by atoms with Gasteiger partial charge in [0.25, 0.3) is 11.6 Å². The molecule has 5 nitrogen and oxygen atoms in total. The molecule has 0 atom stereocenters. The molecule has 0 heterocycles. The van der Waals surface area contributed by atoms with Crippen molar-refractivity contribution in [2.75, 3.05) is 5.32 Å². The Hall–Kier alpha value is -2.21. The van der Waals surface area contributed by atoms with Crippen molar-refractivity contribution >= 4 is 33.2 Å². The summed E-state index contributed by atoms with van der Waals surface area (Å²) in [6.45, 7) is 1.90. The van der Waals surface area contributed by atoms with Gasteiger partial charge in [-0.3, -0.25) is 14.9 Å². The lowest BCUT2D eigenvalue weighted by atomic mass is 10.1. The highest BCUT2D eigenvalue weighted by molar-refractivity contribution is 9.10. The second-order valence-corrected chi connectivity index (χ2v) is 5.10. The molecule has 1 N–H and O–H groups in total. The van der Waals surface area contributed by atoms with Gasteiger partial charge in [-0.1, -0.05) is 11.6 Å². The maximum atomic E-state index is 12.1. The fourth-order valence-electron chi connectivity index (χ4n) is 1.68. The molecule has 0 aliphatic rings. The van der Waals surface area contributed by atoms with Crippen LogP contribution in [0.25, 0.3) is 0 Å². The summed E-state index contributed by atoms with van der Waals surface area (Å²) in [5.41, 5.74) is 1.99. The molecule has 0 fully saturated rings. The number of anilines is 1. The van der Waals surface area contributed by atoms with Crippen LogP contribution in [-0.2, 0) is 0 Å². The summed E-state index contributed by atoms with van der Waals surface area (Å²) in [7, 11) is 0. The Morgan fingerprint density at radius 1 is 1.20 bits per heavy atom. The molecule has 0 unspecified atom stereocenters. The number of amides is 1. The normalized spacial score (nSPS) is 10.1. The zero-order valence-corrected chi connectivity index (χ0v) is 12.2. The molecular formula is C14H11BrN2O3. The van der Waals surface area contributed by atoms with E-state index in [1.54, 1.807) is 12.1 Å². The zero-order chi connectivity index (χ0) is 14.7. The molecule has 0 aliphatic carbocycles. The van der Waals surface area contributed by atoms with Gasteiger partial charge in [-0.2, -0.15) is 0 Å². The maximum absolute atomic E-state index is 12.1. The predicted molar refractivity (Wildman–Crippen MR) is 79.9 cm³/mol. The lowest BCUT2D eigenvalue weighted by Crippen LogP contribution is -2.12. The van der Waals surface area contributed by atoms with E-state index in [0.717, 1.165) is 5.56 Å². The first-order valence-corrected chi connectivity index (χ1v) is 6.58. The Labute approximate surface area is 123 Å². The molecule has 2 aromatic rings. The van der Waals surface area contributed by atoms with E-state index in [2.05, 4.69) is 21.2 Å². The largest absolute Gasteiger partial charge is 0.322 e. The van der Waals surface area contributed by atoms with Gasteiger partial charge in [-0.25, -0.2) is 0 Å². The number of nitrogens with zero attached hydrogens (tertiary/aromatic N) is 1. The third kappa shape index (κ3) is 3.21. The van der Waals surface area contributed by atoms with Gasteiger partial charge in [0, 0.05) is 22.3 Å². The van der Waals surface area contributed by atoms with Crippen molar-refractivity contribution < 1.29 is 9.72 Å². The summed E-state index contributed by atoms with van der Waals surface area (Å²) in [6, 6.07) is 11.2. The zero-order valence-electron chi connectivity index (χ0n) is 10.6. The van der Waals surface area contributed by atoms with E-state index >= 15 is 0 Å². The second kappa shape index (κ2) is 5.83. The Kier molecular flexibility index (Phi) is 4.14. The molecule has 0 aliphatic heterocycles. The Morgan fingerprint density at radius 2 is 1.85 bits per heavy atom. The van der Waals surface area contributed by atoms with Crippen molar-refractivity contribution in [3.05, 3.63) is 68.2 Å². The molecule has 0 saturated heterocycles. The standard InChI is InChI=1S/C14H11BrN2O3/c1-9-2-7-13(15)12(8-9)14(18)16-10-3-5-11(6-4-10)17(19)20/h2-8H,1H3,(H,16,18). The molecule has 0 saturated carbocycles. The quantitative estimate of drug-likeness (QED) is 0.683. The van der Waals surface area contributed by atoms with E-state index in [4.69, 9.17) is 0 Å². The van der Waals surface area contributed by atoms with Gasteiger partial charge in [0.2, 0.25) is 0 Å². The monoisotopic (exact) mass is 334 g/mol. The number of carbonyl (C=O) groups is 1. The molecule has 6 heteroatoms. The van der Waals surface area contributed by atoms with Crippen molar-refractivity contribution in [1.29, 1.82) is 0 Å². The maximum Gasteiger partial charge on any atom is 0.269 e. The molecule has 20 heavy (non-hydrogen) atoms. The van der Waals surface area contributed by atoms with E-state index in [1.165, 1.54) is 24.3 Å². The number of aryl methyl sites for hydroxylation is 1. The van der Waals surface area contributed by atoms with Gasteiger partial charge >= 0.3 is 0 Å². The number of hydrogen-bond acceptors (Lipinski definition) is 3. The van der Waals surface area contributed by atoms with Crippen LogP contribution in [0.2, 0.25) is 0 Å². The Morgan fingerprint density at radius 3 is 2.45 bits per heavy atom. The van der Waals surface area contributed by atoms with Crippen LogP contribution in [0, 0.1) is 17.0 Å². The van der Waals surface area contributed by atoms with Crippen molar-refractivity contribution in [2.24, 2.45) is 0 Å². The van der Waals surface area contributed by atoms with Crippen LogP contribution >= 0.6 is 15.9 Å². The summed E-state index contributed by atoms with van der Waals surface area (Å²) < 4.78 is 0.697. The number of non-ortho nitro benzene ring substituents is 1. The summed E-state index contributed by atoms with van der Waals surface area (Å²) >= 11 is 3.32. The summed E-state index contributed by atoms with van der Waals surface area (Å²) in [6.07, 6.45) is 0. The van der Waals surface area contributed by atoms with Crippen molar-refractivity contribution in [3.8, 4) is 0 Å². The average Bonchev–Trinajstić information content (AvgIpc) is 2.42. The number of rotatable bonds is 3. The van der Waals surface area contributed by atoms with Crippen molar-refractivity contribution in [1.82, 2.24) is 0 Å². The van der Waals surface area contributed by atoms with Gasteiger partial charge in [-0.15, -0.1) is 0 Å². The summed E-state index contributed by atoms with van der Waals surface area (Å²) in [5, 5.41) is 13.3. The Bertz CT molecular complexity index is 669. The highest BCUT2D eigenvalue weighted by Gasteiger charge is 2.11. The number of nitro benzene ring substituents is 1. The van der Waals surface area contributed by atoms with Crippen LogP contribution in [0.3, 0.4) is 0 Å². The lowest BCUT2D eigenvalue weighted by Gasteiger charge is -2.07. The molecule has 102 valence electrons.